The molecule has 13 atom stereocenters. The summed E-state index contributed by atoms with van der Waals surface area (Å²) in [7, 11) is 5.35. The maximum absolute atomic E-state index is 14.4. The van der Waals surface area contributed by atoms with Crippen LogP contribution < -0.4 is 11.1 Å². The summed E-state index contributed by atoms with van der Waals surface area (Å²) >= 11 is 0. The van der Waals surface area contributed by atoms with Gasteiger partial charge in [-0.15, -0.1) is 5.10 Å². The van der Waals surface area contributed by atoms with Crippen LogP contribution in [-0.2, 0) is 39.8 Å². The fraction of sp³-hybridized carbons (Fsp3) is 0.776. The number of hydrogen-bond donors (Lipinski definition) is 4. The Hall–Kier alpha value is -3.71. The lowest BCUT2D eigenvalue weighted by molar-refractivity contribution is -0.295. The molecule has 17 nitrogen and oxygen atoms in total. The highest BCUT2D eigenvalue weighted by molar-refractivity contribution is 6.00. The number of amides is 1. The first-order chi connectivity index (χ1) is 28.9. The summed E-state index contributed by atoms with van der Waals surface area (Å²) in [4.78, 5) is 46.1. The van der Waals surface area contributed by atoms with E-state index < -0.39 is 77.6 Å². The quantitative estimate of drug-likeness (QED) is 0.0702. The summed E-state index contributed by atoms with van der Waals surface area (Å²) in [6.45, 7) is 13.8. The van der Waals surface area contributed by atoms with E-state index in [0.717, 1.165) is 5.56 Å². The molecule has 0 aliphatic carbocycles. The number of aromatic nitrogens is 3. The van der Waals surface area contributed by atoms with Crippen molar-refractivity contribution in [2.45, 2.75) is 191 Å². The zero-order chi connectivity index (χ0) is 44.8. The number of hydrogen-bond acceptors (Lipinski definition) is 15. The number of esters is 1. The van der Waals surface area contributed by atoms with Crippen LogP contribution in [0.5, 0.6) is 0 Å². The van der Waals surface area contributed by atoms with Gasteiger partial charge in [-0.05, 0) is 105 Å². The van der Waals surface area contributed by atoms with Crippen molar-refractivity contribution in [1.29, 1.82) is 0 Å². The van der Waals surface area contributed by atoms with Gasteiger partial charge in [-0.3, -0.25) is 19.2 Å². The zero-order valence-corrected chi connectivity index (χ0v) is 37.8. The molecule has 17 heteroatoms. The second kappa shape index (κ2) is 26.7. The lowest BCUT2D eigenvalue weighted by Gasteiger charge is -2.46. The SMILES string of the molecule is C.C.C.C.C.CC[C@H]1OC(=O)[C@H](C)C(=O)[C@H](C)[C@@H](O[C@@H]2OC(C)CC(N(C)C)C2O)[C@](C)(OC)C[C@@H](C)CN[C@H](CCO)[C@H]2N(CCCCn3cc(-c4cccc(N)c4)nn3)C(=O)O[C@]12C. The lowest BCUT2D eigenvalue weighted by atomic mass is 9.78. The van der Waals surface area contributed by atoms with Crippen molar-refractivity contribution in [3.8, 4) is 11.3 Å². The topological polar surface area (TPSA) is 213 Å². The van der Waals surface area contributed by atoms with E-state index in [-0.39, 0.29) is 74.6 Å². The number of nitrogens with two attached hydrogens (primary N) is 1. The number of cyclic esters (lactones) is 1. The van der Waals surface area contributed by atoms with Crippen molar-refractivity contribution in [3.05, 3.63) is 30.5 Å². The molecule has 1 aromatic carbocycles. The molecule has 5 N–H and O–H groups in total. The minimum Gasteiger partial charge on any atom is -0.458 e. The highest BCUT2D eigenvalue weighted by Crippen LogP contribution is 2.41. The Labute approximate surface area is 397 Å². The number of aryl methyl sites for hydroxylation is 1. The number of carbonyl (C=O) groups is 3. The lowest BCUT2D eigenvalue weighted by Crippen LogP contribution is -2.62. The molecule has 66 heavy (non-hydrogen) atoms. The van der Waals surface area contributed by atoms with Gasteiger partial charge in [0.25, 0.3) is 0 Å². The fourth-order valence-corrected chi connectivity index (χ4v) is 9.67. The molecular weight excluding hydrogens is 847 g/mol. The van der Waals surface area contributed by atoms with Crippen molar-refractivity contribution in [2.75, 3.05) is 46.6 Å². The molecule has 0 spiro atoms. The van der Waals surface area contributed by atoms with Crippen LogP contribution in [0.2, 0.25) is 0 Å². The van der Waals surface area contributed by atoms with Gasteiger partial charge < -0.3 is 49.8 Å². The van der Waals surface area contributed by atoms with Gasteiger partial charge >= 0.3 is 12.1 Å². The molecule has 4 heterocycles. The molecule has 0 radical (unpaired) electrons. The van der Waals surface area contributed by atoms with Gasteiger partial charge in [0, 0.05) is 56.1 Å². The van der Waals surface area contributed by atoms with Crippen molar-refractivity contribution < 1.29 is 48.3 Å². The van der Waals surface area contributed by atoms with E-state index in [1.165, 1.54) is 6.92 Å². The van der Waals surface area contributed by atoms with Crippen molar-refractivity contribution in [2.24, 2.45) is 17.8 Å². The number of ketones is 1. The number of fused-ring (bicyclic) bond motifs is 1. The smallest absolute Gasteiger partial charge is 0.410 e. The molecule has 3 aliphatic rings. The van der Waals surface area contributed by atoms with E-state index in [1.54, 1.807) is 30.5 Å². The van der Waals surface area contributed by atoms with Crippen molar-refractivity contribution in [3.63, 3.8) is 0 Å². The second-order valence-corrected chi connectivity index (χ2v) is 18.1. The third-order valence-corrected chi connectivity index (χ3v) is 13.1. The summed E-state index contributed by atoms with van der Waals surface area (Å²) in [5, 5.41) is 34.2. The van der Waals surface area contributed by atoms with E-state index in [9.17, 15) is 24.6 Å². The Balaban J connectivity index is 0.00000845. The van der Waals surface area contributed by atoms with Crippen molar-refractivity contribution in [1.82, 2.24) is 30.1 Å². The van der Waals surface area contributed by atoms with Crippen molar-refractivity contribution >= 4 is 23.5 Å². The Bertz CT molecular complexity index is 1780. The molecule has 2 aromatic rings. The van der Waals surface area contributed by atoms with E-state index in [2.05, 4.69) is 22.6 Å². The third kappa shape index (κ3) is 13.9. The first-order valence-corrected chi connectivity index (χ1v) is 21.9. The molecule has 3 aliphatic heterocycles. The number of likely N-dealkylation sites (N-methyl/N-ethyl adjacent to an activating group) is 1. The molecule has 5 rings (SSSR count). The van der Waals surface area contributed by atoms with E-state index >= 15 is 0 Å². The van der Waals surface area contributed by atoms with Gasteiger partial charge in [0.15, 0.2) is 17.7 Å². The molecule has 1 aromatic heterocycles. The summed E-state index contributed by atoms with van der Waals surface area (Å²) in [6.07, 6.45) is -0.0403. The number of aliphatic hydroxyl groups excluding tert-OH is 2. The number of nitrogens with zero attached hydrogens (tertiary/aromatic N) is 5. The van der Waals surface area contributed by atoms with Crippen LogP contribution in [0.1, 0.15) is 124 Å². The summed E-state index contributed by atoms with van der Waals surface area (Å²) in [5.41, 5.74) is 5.74. The van der Waals surface area contributed by atoms with Crippen LogP contribution in [0.25, 0.3) is 11.3 Å². The van der Waals surface area contributed by atoms with Gasteiger partial charge in [-0.2, -0.15) is 0 Å². The zero-order valence-electron chi connectivity index (χ0n) is 37.8. The van der Waals surface area contributed by atoms with Crippen LogP contribution in [0.4, 0.5) is 10.5 Å². The maximum atomic E-state index is 14.4. The fourth-order valence-electron chi connectivity index (χ4n) is 9.67. The third-order valence-electron chi connectivity index (χ3n) is 13.1. The number of methoxy groups -OCH3 is 1. The molecule has 382 valence electrons. The Kier molecular flexibility index (Phi) is 25.2. The van der Waals surface area contributed by atoms with Crippen LogP contribution >= 0.6 is 0 Å². The molecule has 1 amide bonds. The average molecular weight is 938 g/mol. The number of carbonyl (C=O) groups excluding carboxylic acids is 3. The second-order valence-electron chi connectivity index (χ2n) is 18.1. The predicted octanol–water partition coefficient (Wildman–Crippen LogP) is 6.83. The highest BCUT2D eigenvalue weighted by atomic mass is 16.7. The molecular formula is C49H91N7O10. The predicted molar refractivity (Wildman–Crippen MR) is 262 cm³/mol. The Morgan fingerprint density at radius 3 is 2.30 bits per heavy atom. The van der Waals surface area contributed by atoms with E-state index in [0.29, 0.717) is 56.7 Å². The number of nitrogen functional groups attached to an aromatic ring is 1. The number of Topliss-reactive ketones (excluding diaryl/α,β-unsaturated/α-hetero) is 1. The first-order valence-electron chi connectivity index (χ1n) is 21.9. The number of rotatable bonds is 13. The number of nitrogens with one attached hydrogen (secondary N) is 1. The van der Waals surface area contributed by atoms with Gasteiger partial charge in [0.05, 0.1) is 30.0 Å². The Morgan fingerprint density at radius 1 is 1.03 bits per heavy atom. The number of anilines is 1. The molecule has 3 saturated heterocycles. The monoisotopic (exact) mass is 938 g/mol. The van der Waals surface area contributed by atoms with Gasteiger partial charge in [-0.25, -0.2) is 4.79 Å². The maximum Gasteiger partial charge on any atom is 0.410 e. The molecule has 0 saturated carbocycles. The standard InChI is InChI=1S/C44H71N7O10.5CH4/c1-11-35-44(7)38(51(42(56)61-44)19-13-12-18-50-25-33(47-48-50)30-15-14-16-31(45)22-30)32(17-20-52)46-24-26(2)23-43(6,57-10)39(28(4)36(53)29(5)40(55)59-35)60-41-37(54)34(49(8)9)21-27(3)58-41;;;;;/h14-16,22,25-29,32,34-35,37-39,41,46,52,54H,11-13,17-21,23-24,45H2,1-10H3;5*1H4/t26-,27?,28+,29-,32-,34?,35-,37?,38-,39-,41+,43-,44-;;;;;/m1...../s1. The molecule has 0 bridgehead atoms. The first kappa shape index (κ1) is 62.3. The van der Waals surface area contributed by atoms with E-state index in [1.807, 2.05) is 70.2 Å². The summed E-state index contributed by atoms with van der Waals surface area (Å²) in [6, 6.07) is 6.06. The van der Waals surface area contributed by atoms with Crippen LogP contribution in [-0.4, -0.2) is 154 Å². The van der Waals surface area contributed by atoms with Crippen LogP contribution in [0.15, 0.2) is 30.5 Å². The van der Waals surface area contributed by atoms with Gasteiger partial charge in [-0.1, -0.05) is 75.3 Å². The number of aliphatic hydroxyl groups is 2. The van der Waals surface area contributed by atoms with Gasteiger partial charge in [0.2, 0.25) is 0 Å². The average Bonchev–Trinajstić information content (AvgIpc) is 3.80. The normalized spacial score (nSPS) is 33.0. The largest absolute Gasteiger partial charge is 0.458 e. The molecule has 3 fully saturated rings. The van der Waals surface area contributed by atoms with Gasteiger partial charge in [0.1, 0.15) is 23.8 Å². The van der Waals surface area contributed by atoms with Crippen LogP contribution in [0, 0.1) is 17.8 Å². The number of unbranched alkanes of at least 4 members (excludes halogenated alkanes) is 1. The highest BCUT2D eigenvalue weighted by Gasteiger charge is 2.59. The molecule has 3 unspecified atom stereocenters. The Morgan fingerprint density at radius 2 is 1.70 bits per heavy atom. The number of ether oxygens (including phenoxy) is 5. The number of benzene rings is 1. The minimum absolute atomic E-state index is 0. The summed E-state index contributed by atoms with van der Waals surface area (Å²) < 4.78 is 33.3. The van der Waals surface area contributed by atoms with E-state index in [4.69, 9.17) is 29.4 Å². The van der Waals surface area contributed by atoms with Crippen LogP contribution in [0.3, 0.4) is 0 Å². The minimum atomic E-state index is -1.34. The summed E-state index contributed by atoms with van der Waals surface area (Å²) in [5.74, 6) is -3.39.